The van der Waals surface area contributed by atoms with E-state index < -0.39 is 11.6 Å². The molecule has 0 atom stereocenters. The van der Waals surface area contributed by atoms with Crippen LogP contribution in [0.2, 0.25) is 0 Å². The predicted molar refractivity (Wildman–Crippen MR) is 43.5 cm³/mol. The van der Waals surface area contributed by atoms with E-state index >= 15 is 0 Å². The maximum absolute atomic E-state index is 12.9. The fourth-order valence-electron chi connectivity index (χ4n) is 0.781. The lowest BCUT2D eigenvalue weighted by Gasteiger charge is -2.06. The van der Waals surface area contributed by atoms with Gasteiger partial charge < -0.3 is 9.47 Å². The van der Waals surface area contributed by atoms with Crippen molar-refractivity contribution in [2.24, 2.45) is 0 Å². The third kappa shape index (κ3) is 2.99. The Hall–Kier alpha value is -1.16. The first-order valence-corrected chi connectivity index (χ1v) is 3.89. The number of halogens is 2. The summed E-state index contributed by atoms with van der Waals surface area (Å²) in [5, 5.41) is 0. The molecule has 0 aliphatic heterocycles. The zero-order valence-electron chi connectivity index (χ0n) is 7.22. The van der Waals surface area contributed by atoms with E-state index in [9.17, 15) is 8.78 Å². The van der Waals surface area contributed by atoms with Crippen molar-refractivity contribution in [1.29, 1.82) is 0 Å². The van der Waals surface area contributed by atoms with Gasteiger partial charge >= 0.3 is 0 Å². The van der Waals surface area contributed by atoms with Crippen molar-refractivity contribution in [3.8, 4) is 5.75 Å². The first-order chi connectivity index (χ1) is 6.24. The maximum Gasteiger partial charge on any atom is 0.189 e. The first-order valence-electron chi connectivity index (χ1n) is 3.89. The molecule has 0 heterocycles. The fourth-order valence-corrected chi connectivity index (χ4v) is 0.781. The van der Waals surface area contributed by atoms with E-state index in [1.807, 2.05) is 0 Å². The molecule has 0 saturated heterocycles. The first kappa shape index (κ1) is 9.92. The molecule has 0 aliphatic carbocycles. The standard InChI is InChI=1S/C9H10F2O2/c1-2-12-6-13-9-4-3-7(10)5-8(9)11/h3-5H,2,6H2,1H3. The van der Waals surface area contributed by atoms with Crippen LogP contribution in [0.3, 0.4) is 0 Å². The summed E-state index contributed by atoms with van der Waals surface area (Å²) in [5.41, 5.74) is 0. The minimum absolute atomic E-state index is 0.00477. The molecule has 4 heteroatoms. The lowest BCUT2D eigenvalue weighted by molar-refractivity contribution is 0.0200. The normalized spacial score (nSPS) is 10.1. The van der Waals surface area contributed by atoms with Crippen LogP contribution in [0.5, 0.6) is 5.75 Å². The average molecular weight is 188 g/mol. The van der Waals surface area contributed by atoms with Crippen LogP contribution < -0.4 is 4.74 Å². The Balaban J connectivity index is 2.56. The lowest BCUT2D eigenvalue weighted by atomic mass is 10.3. The number of ether oxygens (including phenoxy) is 2. The summed E-state index contributed by atoms with van der Waals surface area (Å²) in [5.74, 6) is -1.35. The van der Waals surface area contributed by atoms with E-state index in [0.717, 1.165) is 12.1 Å². The highest BCUT2D eigenvalue weighted by atomic mass is 19.1. The highest BCUT2D eigenvalue weighted by Crippen LogP contribution is 2.17. The summed E-state index contributed by atoms with van der Waals surface area (Å²) in [4.78, 5) is 0. The van der Waals surface area contributed by atoms with Gasteiger partial charge in [-0.05, 0) is 19.1 Å². The van der Waals surface area contributed by atoms with Crippen molar-refractivity contribution in [3.05, 3.63) is 29.8 Å². The molecule has 0 spiro atoms. The van der Waals surface area contributed by atoms with Crippen molar-refractivity contribution < 1.29 is 18.3 Å². The zero-order valence-corrected chi connectivity index (χ0v) is 7.22. The molecule has 1 aromatic rings. The van der Waals surface area contributed by atoms with Crippen LogP contribution >= 0.6 is 0 Å². The van der Waals surface area contributed by atoms with E-state index in [4.69, 9.17) is 9.47 Å². The molecule has 0 fully saturated rings. The number of rotatable bonds is 4. The molecule has 0 bridgehead atoms. The van der Waals surface area contributed by atoms with Gasteiger partial charge in [0.25, 0.3) is 0 Å². The Bertz CT molecular complexity index is 276. The van der Waals surface area contributed by atoms with Gasteiger partial charge in [-0.1, -0.05) is 0 Å². The summed E-state index contributed by atoms with van der Waals surface area (Å²) >= 11 is 0. The Morgan fingerprint density at radius 1 is 1.31 bits per heavy atom. The highest BCUT2D eigenvalue weighted by molar-refractivity contribution is 5.24. The van der Waals surface area contributed by atoms with Gasteiger partial charge in [-0.3, -0.25) is 0 Å². The second kappa shape index (κ2) is 4.77. The Kier molecular flexibility index (Phi) is 3.64. The highest BCUT2D eigenvalue weighted by Gasteiger charge is 2.03. The van der Waals surface area contributed by atoms with Gasteiger partial charge in [-0.15, -0.1) is 0 Å². The summed E-state index contributed by atoms with van der Waals surface area (Å²) in [6.07, 6.45) is 0. The minimum atomic E-state index is -0.722. The van der Waals surface area contributed by atoms with Gasteiger partial charge in [0.1, 0.15) is 5.82 Å². The van der Waals surface area contributed by atoms with Gasteiger partial charge in [0.2, 0.25) is 0 Å². The third-order valence-corrected chi connectivity index (χ3v) is 1.40. The zero-order chi connectivity index (χ0) is 9.68. The molecule has 1 rings (SSSR count). The van der Waals surface area contributed by atoms with Gasteiger partial charge in [0.05, 0.1) is 0 Å². The van der Waals surface area contributed by atoms with Gasteiger partial charge in [0, 0.05) is 12.7 Å². The van der Waals surface area contributed by atoms with Crippen LogP contribution in [0.25, 0.3) is 0 Å². The molecule has 0 aromatic heterocycles. The molecule has 0 amide bonds. The van der Waals surface area contributed by atoms with Crippen LogP contribution in [0, 0.1) is 11.6 Å². The Morgan fingerprint density at radius 3 is 2.69 bits per heavy atom. The van der Waals surface area contributed by atoms with Crippen molar-refractivity contribution in [2.75, 3.05) is 13.4 Å². The largest absolute Gasteiger partial charge is 0.464 e. The topological polar surface area (TPSA) is 18.5 Å². The quantitative estimate of drug-likeness (QED) is 0.533. The number of hydrogen-bond donors (Lipinski definition) is 0. The van der Waals surface area contributed by atoms with Crippen LogP contribution in [-0.4, -0.2) is 13.4 Å². The smallest absolute Gasteiger partial charge is 0.189 e. The Morgan fingerprint density at radius 2 is 2.08 bits per heavy atom. The second-order valence-electron chi connectivity index (χ2n) is 2.33. The van der Waals surface area contributed by atoms with Gasteiger partial charge in [-0.2, -0.15) is 0 Å². The number of benzene rings is 1. The van der Waals surface area contributed by atoms with E-state index in [0.29, 0.717) is 6.61 Å². The molecule has 0 N–H and O–H groups in total. The van der Waals surface area contributed by atoms with E-state index in [1.165, 1.54) is 6.07 Å². The molecule has 0 aliphatic rings. The summed E-state index contributed by atoms with van der Waals surface area (Å²) in [6, 6.07) is 3.12. The monoisotopic (exact) mass is 188 g/mol. The molecular weight excluding hydrogens is 178 g/mol. The van der Waals surface area contributed by atoms with E-state index in [-0.39, 0.29) is 12.5 Å². The minimum Gasteiger partial charge on any atom is -0.464 e. The van der Waals surface area contributed by atoms with Crippen molar-refractivity contribution in [3.63, 3.8) is 0 Å². The van der Waals surface area contributed by atoms with E-state index in [2.05, 4.69) is 0 Å². The van der Waals surface area contributed by atoms with Gasteiger partial charge in [0.15, 0.2) is 18.4 Å². The van der Waals surface area contributed by atoms with Gasteiger partial charge in [-0.25, -0.2) is 8.78 Å². The lowest BCUT2D eigenvalue weighted by Crippen LogP contribution is -2.03. The van der Waals surface area contributed by atoms with Crippen LogP contribution in [-0.2, 0) is 4.74 Å². The third-order valence-electron chi connectivity index (χ3n) is 1.40. The van der Waals surface area contributed by atoms with Crippen LogP contribution in [0.15, 0.2) is 18.2 Å². The summed E-state index contributed by atoms with van der Waals surface area (Å²) in [7, 11) is 0. The van der Waals surface area contributed by atoms with E-state index in [1.54, 1.807) is 6.92 Å². The fraction of sp³-hybridized carbons (Fsp3) is 0.333. The Labute approximate surface area is 75.1 Å². The van der Waals surface area contributed by atoms with Crippen molar-refractivity contribution in [1.82, 2.24) is 0 Å². The molecular formula is C9H10F2O2. The molecule has 72 valence electrons. The molecule has 2 nitrogen and oxygen atoms in total. The average Bonchev–Trinajstić information content (AvgIpc) is 2.09. The second-order valence-corrected chi connectivity index (χ2v) is 2.33. The molecule has 13 heavy (non-hydrogen) atoms. The molecule has 0 radical (unpaired) electrons. The molecule has 0 unspecified atom stereocenters. The SMILES string of the molecule is CCOCOc1ccc(F)cc1F. The van der Waals surface area contributed by atoms with Crippen LogP contribution in [0.1, 0.15) is 6.92 Å². The predicted octanol–water partition coefficient (Wildman–Crippen LogP) is 2.34. The van der Waals surface area contributed by atoms with Crippen molar-refractivity contribution >= 4 is 0 Å². The van der Waals surface area contributed by atoms with Crippen molar-refractivity contribution in [2.45, 2.75) is 6.92 Å². The molecule has 0 saturated carbocycles. The molecule has 1 aromatic carbocycles. The number of hydrogen-bond acceptors (Lipinski definition) is 2. The van der Waals surface area contributed by atoms with Crippen LogP contribution in [0.4, 0.5) is 8.78 Å². The maximum atomic E-state index is 12.9. The summed E-state index contributed by atoms with van der Waals surface area (Å²) in [6.45, 7) is 2.26. The summed E-state index contributed by atoms with van der Waals surface area (Å²) < 4.78 is 35.0.